The molecule has 0 aliphatic heterocycles. The second kappa shape index (κ2) is 6.49. The first-order valence-electron chi connectivity index (χ1n) is 6.13. The standard InChI is InChI=1S/C14H16BrF3N2/c1-13(2,4-3-5-19)9-20-12-7-10(14(16,17)18)6-11(15)8-12/h6-8,20H,3-4,9H2,1-2H3. The quantitative estimate of drug-likeness (QED) is 0.792. The Bertz CT molecular complexity index is 504. The summed E-state index contributed by atoms with van der Waals surface area (Å²) in [7, 11) is 0. The molecule has 110 valence electrons. The van der Waals surface area contributed by atoms with Crippen LogP contribution < -0.4 is 5.32 Å². The number of halogens is 4. The van der Waals surface area contributed by atoms with E-state index in [4.69, 9.17) is 5.26 Å². The van der Waals surface area contributed by atoms with Gasteiger partial charge in [0.25, 0.3) is 0 Å². The molecule has 0 bridgehead atoms. The number of anilines is 1. The molecule has 0 atom stereocenters. The first-order valence-corrected chi connectivity index (χ1v) is 6.92. The minimum atomic E-state index is -4.36. The lowest BCUT2D eigenvalue weighted by Crippen LogP contribution is -2.23. The van der Waals surface area contributed by atoms with Crippen LogP contribution >= 0.6 is 15.9 Å². The van der Waals surface area contributed by atoms with E-state index < -0.39 is 11.7 Å². The molecule has 0 saturated carbocycles. The third-order valence-corrected chi connectivity index (χ3v) is 3.37. The maximum absolute atomic E-state index is 12.7. The van der Waals surface area contributed by atoms with Crippen molar-refractivity contribution in [3.8, 4) is 6.07 Å². The molecule has 0 spiro atoms. The van der Waals surface area contributed by atoms with Crippen LogP contribution in [-0.4, -0.2) is 6.54 Å². The molecular formula is C14H16BrF3N2. The predicted octanol–water partition coefficient (Wildman–Crippen LogP) is 5.21. The van der Waals surface area contributed by atoms with Crippen molar-refractivity contribution in [3.63, 3.8) is 0 Å². The van der Waals surface area contributed by atoms with E-state index in [1.54, 1.807) is 6.07 Å². The van der Waals surface area contributed by atoms with E-state index in [1.807, 2.05) is 13.8 Å². The summed E-state index contributed by atoms with van der Waals surface area (Å²) in [5.74, 6) is 0. The van der Waals surface area contributed by atoms with Gasteiger partial charge in [-0.05, 0) is 30.0 Å². The van der Waals surface area contributed by atoms with E-state index >= 15 is 0 Å². The number of hydrogen-bond donors (Lipinski definition) is 1. The van der Waals surface area contributed by atoms with Crippen LogP contribution in [0.25, 0.3) is 0 Å². The van der Waals surface area contributed by atoms with Crippen molar-refractivity contribution in [2.24, 2.45) is 5.41 Å². The van der Waals surface area contributed by atoms with Gasteiger partial charge in [-0.2, -0.15) is 18.4 Å². The van der Waals surface area contributed by atoms with E-state index in [0.717, 1.165) is 12.1 Å². The van der Waals surface area contributed by atoms with Crippen LogP contribution in [0.15, 0.2) is 22.7 Å². The Hall–Kier alpha value is -1.22. The smallest absolute Gasteiger partial charge is 0.384 e. The number of alkyl halides is 3. The number of nitrogens with zero attached hydrogens (tertiary/aromatic N) is 1. The molecule has 1 aromatic carbocycles. The molecule has 0 aliphatic rings. The van der Waals surface area contributed by atoms with E-state index in [0.29, 0.717) is 29.5 Å². The SMILES string of the molecule is CC(C)(CCC#N)CNc1cc(Br)cc(C(F)(F)F)c1. The van der Waals surface area contributed by atoms with Gasteiger partial charge in [0, 0.05) is 23.1 Å². The van der Waals surface area contributed by atoms with Crippen molar-refractivity contribution in [2.45, 2.75) is 32.9 Å². The van der Waals surface area contributed by atoms with Crippen LogP contribution in [0.1, 0.15) is 32.3 Å². The molecule has 0 radical (unpaired) electrons. The lowest BCUT2D eigenvalue weighted by Gasteiger charge is -2.24. The van der Waals surface area contributed by atoms with Crippen molar-refractivity contribution in [1.82, 2.24) is 0 Å². The summed E-state index contributed by atoms with van der Waals surface area (Å²) >= 11 is 3.08. The molecule has 0 saturated heterocycles. The van der Waals surface area contributed by atoms with E-state index in [2.05, 4.69) is 27.3 Å². The molecule has 0 amide bonds. The van der Waals surface area contributed by atoms with Crippen LogP contribution in [0.2, 0.25) is 0 Å². The zero-order chi connectivity index (χ0) is 15.4. The molecule has 1 rings (SSSR count). The molecule has 0 aliphatic carbocycles. The van der Waals surface area contributed by atoms with Gasteiger partial charge in [-0.25, -0.2) is 0 Å². The molecule has 0 heterocycles. The highest BCUT2D eigenvalue weighted by molar-refractivity contribution is 9.10. The van der Waals surface area contributed by atoms with Gasteiger partial charge in [-0.1, -0.05) is 29.8 Å². The van der Waals surface area contributed by atoms with Gasteiger partial charge in [-0.15, -0.1) is 0 Å². The number of nitriles is 1. The summed E-state index contributed by atoms with van der Waals surface area (Å²) in [4.78, 5) is 0. The second-order valence-electron chi connectivity index (χ2n) is 5.40. The van der Waals surface area contributed by atoms with Crippen molar-refractivity contribution < 1.29 is 13.2 Å². The second-order valence-corrected chi connectivity index (χ2v) is 6.32. The minimum Gasteiger partial charge on any atom is -0.384 e. The third kappa shape index (κ3) is 5.41. The van der Waals surface area contributed by atoms with Gasteiger partial charge in [-0.3, -0.25) is 0 Å². The largest absolute Gasteiger partial charge is 0.416 e. The van der Waals surface area contributed by atoms with Crippen molar-refractivity contribution in [1.29, 1.82) is 5.26 Å². The van der Waals surface area contributed by atoms with Crippen molar-refractivity contribution >= 4 is 21.6 Å². The Morgan fingerprint density at radius 1 is 1.25 bits per heavy atom. The number of benzene rings is 1. The highest BCUT2D eigenvalue weighted by atomic mass is 79.9. The Morgan fingerprint density at radius 2 is 1.90 bits per heavy atom. The van der Waals surface area contributed by atoms with Gasteiger partial charge >= 0.3 is 6.18 Å². The summed E-state index contributed by atoms with van der Waals surface area (Å²) in [6, 6.07) is 5.82. The fourth-order valence-electron chi connectivity index (χ4n) is 1.68. The van der Waals surface area contributed by atoms with Gasteiger partial charge in [0.05, 0.1) is 11.6 Å². The molecule has 1 N–H and O–H groups in total. The number of nitrogens with one attached hydrogen (secondary N) is 1. The number of rotatable bonds is 5. The molecule has 2 nitrogen and oxygen atoms in total. The van der Waals surface area contributed by atoms with Gasteiger partial charge in [0.1, 0.15) is 0 Å². The topological polar surface area (TPSA) is 35.8 Å². The molecule has 0 aromatic heterocycles. The van der Waals surface area contributed by atoms with Crippen molar-refractivity contribution in [3.05, 3.63) is 28.2 Å². The normalized spacial score (nSPS) is 12.1. The molecule has 0 unspecified atom stereocenters. The summed E-state index contributed by atoms with van der Waals surface area (Å²) in [5.41, 5.74) is -0.433. The fraction of sp³-hybridized carbons (Fsp3) is 0.500. The minimum absolute atomic E-state index is 0.156. The van der Waals surface area contributed by atoms with Gasteiger partial charge in [0.2, 0.25) is 0 Å². The first-order chi connectivity index (χ1) is 9.14. The Kier molecular flexibility index (Phi) is 5.46. The van der Waals surface area contributed by atoms with E-state index in [-0.39, 0.29) is 5.41 Å². The average molecular weight is 349 g/mol. The van der Waals surface area contributed by atoms with Crippen LogP contribution in [0.5, 0.6) is 0 Å². The summed E-state index contributed by atoms with van der Waals surface area (Å²) < 4.78 is 38.5. The first kappa shape index (κ1) is 16.8. The van der Waals surface area contributed by atoms with Crippen LogP contribution in [0.4, 0.5) is 18.9 Å². The highest BCUT2D eigenvalue weighted by Gasteiger charge is 2.31. The summed E-state index contributed by atoms with van der Waals surface area (Å²) in [6.07, 6.45) is -3.24. The zero-order valence-electron chi connectivity index (χ0n) is 11.3. The highest BCUT2D eigenvalue weighted by Crippen LogP contribution is 2.34. The average Bonchev–Trinajstić information content (AvgIpc) is 2.32. The molecule has 6 heteroatoms. The third-order valence-electron chi connectivity index (χ3n) is 2.91. The Morgan fingerprint density at radius 3 is 2.45 bits per heavy atom. The lowest BCUT2D eigenvalue weighted by atomic mass is 9.88. The zero-order valence-corrected chi connectivity index (χ0v) is 12.9. The van der Waals surface area contributed by atoms with Crippen LogP contribution in [0.3, 0.4) is 0 Å². The van der Waals surface area contributed by atoms with Gasteiger partial charge in [0.15, 0.2) is 0 Å². The molecular weight excluding hydrogens is 333 g/mol. The predicted molar refractivity (Wildman–Crippen MR) is 76.3 cm³/mol. The van der Waals surface area contributed by atoms with E-state index in [9.17, 15) is 13.2 Å². The van der Waals surface area contributed by atoms with E-state index in [1.165, 1.54) is 0 Å². The summed E-state index contributed by atoms with van der Waals surface area (Å²) in [5, 5.41) is 11.6. The number of hydrogen-bond acceptors (Lipinski definition) is 2. The molecule has 1 aromatic rings. The van der Waals surface area contributed by atoms with Gasteiger partial charge < -0.3 is 5.32 Å². The van der Waals surface area contributed by atoms with Crippen LogP contribution in [0, 0.1) is 16.7 Å². The lowest BCUT2D eigenvalue weighted by molar-refractivity contribution is -0.137. The van der Waals surface area contributed by atoms with Crippen LogP contribution in [-0.2, 0) is 6.18 Å². The van der Waals surface area contributed by atoms with Crippen molar-refractivity contribution in [2.75, 3.05) is 11.9 Å². The molecule has 0 fully saturated rings. The maximum atomic E-state index is 12.7. The Labute approximate surface area is 125 Å². The summed E-state index contributed by atoms with van der Waals surface area (Å²) in [6.45, 7) is 4.45. The maximum Gasteiger partial charge on any atom is 0.416 e. The monoisotopic (exact) mass is 348 g/mol. The fourth-order valence-corrected chi connectivity index (χ4v) is 2.17. The molecule has 20 heavy (non-hydrogen) atoms. The Balaban J connectivity index is 2.79.